The fourth-order valence-corrected chi connectivity index (χ4v) is 1.82. The highest BCUT2D eigenvalue weighted by molar-refractivity contribution is 5.93. The standard InChI is InChI=1S/C13H21N3O2/c1-9(2)7-10(8-14)15-12(17)11-5-4-6-16(3)13(11)18/h4-6,9-10H,7-8,14H2,1-3H3,(H,15,17). The topological polar surface area (TPSA) is 77.1 Å². The van der Waals surface area contributed by atoms with Crippen LogP contribution < -0.4 is 16.6 Å². The Hall–Kier alpha value is -1.62. The second kappa shape index (κ2) is 6.35. The summed E-state index contributed by atoms with van der Waals surface area (Å²) in [5, 5.41) is 2.81. The first-order valence-corrected chi connectivity index (χ1v) is 6.12. The number of nitrogens with two attached hydrogens (primary N) is 1. The van der Waals surface area contributed by atoms with Gasteiger partial charge in [-0.25, -0.2) is 0 Å². The monoisotopic (exact) mass is 251 g/mol. The van der Waals surface area contributed by atoms with Crippen LogP contribution in [-0.4, -0.2) is 23.1 Å². The van der Waals surface area contributed by atoms with Gasteiger partial charge >= 0.3 is 0 Å². The number of nitrogens with one attached hydrogen (secondary N) is 1. The molecule has 0 spiro atoms. The van der Waals surface area contributed by atoms with Gasteiger partial charge in [-0.05, 0) is 24.5 Å². The van der Waals surface area contributed by atoms with E-state index >= 15 is 0 Å². The fraction of sp³-hybridized carbons (Fsp3) is 0.538. The molecule has 5 heteroatoms. The van der Waals surface area contributed by atoms with Crippen LogP contribution in [0.5, 0.6) is 0 Å². The minimum Gasteiger partial charge on any atom is -0.348 e. The molecule has 0 aliphatic rings. The Bertz CT molecular complexity index is 466. The van der Waals surface area contributed by atoms with Crippen molar-refractivity contribution in [1.29, 1.82) is 0 Å². The normalized spacial score (nSPS) is 12.5. The lowest BCUT2D eigenvalue weighted by atomic mass is 10.0. The number of nitrogens with zero attached hydrogens (tertiary/aromatic N) is 1. The summed E-state index contributed by atoms with van der Waals surface area (Å²) in [6, 6.07) is 3.11. The van der Waals surface area contributed by atoms with E-state index in [4.69, 9.17) is 5.73 Å². The van der Waals surface area contributed by atoms with Crippen LogP contribution in [0.4, 0.5) is 0 Å². The lowest BCUT2D eigenvalue weighted by Gasteiger charge is -2.18. The summed E-state index contributed by atoms with van der Waals surface area (Å²) in [7, 11) is 1.62. The molecule has 1 unspecified atom stereocenters. The largest absolute Gasteiger partial charge is 0.348 e. The van der Waals surface area contributed by atoms with E-state index in [0.717, 1.165) is 6.42 Å². The first kappa shape index (κ1) is 14.4. The van der Waals surface area contributed by atoms with Gasteiger partial charge in [0.2, 0.25) is 0 Å². The highest BCUT2D eigenvalue weighted by Gasteiger charge is 2.16. The quantitative estimate of drug-likeness (QED) is 0.799. The number of carbonyl (C=O) groups is 1. The van der Waals surface area contributed by atoms with E-state index in [9.17, 15) is 9.59 Å². The van der Waals surface area contributed by atoms with Gasteiger partial charge in [0.05, 0.1) is 0 Å². The van der Waals surface area contributed by atoms with Gasteiger partial charge in [-0.2, -0.15) is 0 Å². The van der Waals surface area contributed by atoms with Gasteiger partial charge in [0.1, 0.15) is 5.56 Å². The molecular weight excluding hydrogens is 230 g/mol. The predicted octanol–water partition coefficient (Wildman–Crippen LogP) is 0.489. The number of pyridine rings is 1. The molecule has 1 rings (SSSR count). The summed E-state index contributed by atoms with van der Waals surface area (Å²) in [6.45, 7) is 4.50. The lowest BCUT2D eigenvalue weighted by molar-refractivity contribution is 0.0931. The number of hydrogen-bond acceptors (Lipinski definition) is 3. The van der Waals surface area contributed by atoms with Crippen LogP contribution in [0.25, 0.3) is 0 Å². The Labute approximate surface area is 107 Å². The predicted molar refractivity (Wildman–Crippen MR) is 71.4 cm³/mol. The average Bonchev–Trinajstić information content (AvgIpc) is 2.31. The van der Waals surface area contributed by atoms with E-state index < -0.39 is 0 Å². The zero-order valence-electron chi connectivity index (χ0n) is 11.1. The molecule has 0 aromatic carbocycles. The third-order valence-corrected chi connectivity index (χ3v) is 2.74. The van der Waals surface area contributed by atoms with Crippen molar-refractivity contribution in [1.82, 2.24) is 9.88 Å². The van der Waals surface area contributed by atoms with Gasteiger partial charge in [-0.1, -0.05) is 13.8 Å². The van der Waals surface area contributed by atoms with Gasteiger partial charge in [-0.3, -0.25) is 9.59 Å². The molecule has 1 aromatic rings. The van der Waals surface area contributed by atoms with Crippen molar-refractivity contribution >= 4 is 5.91 Å². The van der Waals surface area contributed by atoms with Crippen molar-refractivity contribution in [3.8, 4) is 0 Å². The number of carbonyl (C=O) groups excluding carboxylic acids is 1. The Morgan fingerprint density at radius 3 is 2.72 bits per heavy atom. The molecule has 0 fully saturated rings. The zero-order valence-corrected chi connectivity index (χ0v) is 11.1. The van der Waals surface area contributed by atoms with Crippen molar-refractivity contribution in [2.75, 3.05) is 6.54 Å². The molecule has 0 radical (unpaired) electrons. The first-order valence-electron chi connectivity index (χ1n) is 6.12. The van der Waals surface area contributed by atoms with E-state index in [1.54, 1.807) is 19.3 Å². The number of aromatic nitrogens is 1. The zero-order chi connectivity index (χ0) is 13.7. The molecule has 0 saturated heterocycles. The minimum absolute atomic E-state index is 0.0950. The summed E-state index contributed by atoms with van der Waals surface area (Å²) in [6.07, 6.45) is 2.42. The average molecular weight is 251 g/mol. The number of rotatable bonds is 5. The Morgan fingerprint density at radius 2 is 2.17 bits per heavy atom. The van der Waals surface area contributed by atoms with Crippen LogP contribution in [0.2, 0.25) is 0 Å². The summed E-state index contributed by atoms with van der Waals surface area (Å²) >= 11 is 0. The summed E-state index contributed by atoms with van der Waals surface area (Å²) in [4.78, 5) is 23.8. The van der Waals surface area contributed by atoms with E-state index in [0.29, 0.717) is 12.5 Å². The number of amides is 1. The molecule has 5 nitrogen and oxygen atoms in total. The van der Waals surface area contributed by atoms with Gasteiger partial charge in [0.25, 0.3) is 11.5 Å². The van der Waals surface area contributed by atoms with E-state index in [1.807, 2.05) is 0 Å². The summed E-state index contributed by atoms with van der Waals surface area (Å²) in [5.41, 5.74) is 5.48. The molecule has 100 valence electrons. The Morgan fingerprint density at radius 1 is 1.50 bits per heavy atom. The molecule has 18 heavy (non-hydrogen) atoms. The van der Waals surface area contributed by atoms with Gasteiger partial charge in [-0.15, -0.1) is 0 Å². The van der Waals surface area contributed by atoms with Crippen LogP contribution in [0.3, 0.4) is 0 Å². The summed E-state index contributed by atoms with van der Waals surface area (Å²) < 4.78 is 1.38. The molecule has 1 atom stereocenters. The highest BCUT2D eigenvalue weighted by atomic mass is 16.2. The van der Waals surface area contributed by atoms with Gasteiger partial charge in [0, 0.05) is 25.8 Å². The maximum Gasteiger partial charge on any atom is 0.263 e. The number of hydrogen-bond donors (Lipinski definition) is 2. The molecule has 1 amide bonds. The Balaban J connectivity index is 2.81. The second-order valence-corrected chi connectivity index (χ2v) is 4.87. The molecule has 0 aliphatic heterocycles. The van der Waals surface area contributed by atoms with Gasteiger partial charge in [0.15, 0.2) is 0 Å². The minimum atomic E-state index is -0.354. The molecule has 0 bridgehead atoms. The maximum absolute atomic E-state index is 12.0. The van der Waals surface area contributed by atoms with Crippen LogP contribution >= 0.6 is 0 Å². The molecule has 1 heterocycles. The molecule has 3 N–H and O–H groups in total. The molecule has 0 saturated carbocycles. The maximum atomic E-state index is 12.0. The van der Waals surface area contributed by atoms with Crippen molar-refractivity contribution in [3.05, 3.63) is 34.2 Å². The van der Waals surface area contributed by atoms with Gasteiger partial charge < -0.3 is 15.6 Å². The van der Waals surface area contributed by atoms with Crippen molar-refractivity contribution in [2.45, 2.75) is 26.3 Å². The fourth-order valence-electron chi connectivity index (χ4n) is 1.82. The van der Waals surface area contributed by atoms with Crippen molar-refractivity contribution in [3.63, 3.8) is 0 Å². The third-order valence-electron chi connectivity index (χ3n) is 2.74. The second-order valence-electron chi connectivity index (χ2n) is 4.87. The Kier molecular flexibility index (Phi) is 5.09. The third kappa shape index (κ3) is 3.70. The van der Waals surface area contributed by atoms with Crippen LogP contribution in [-0.2, 0) is 7.05 Å². The van der Waals surface area contributed by atoms with Crippen LogP contribution in [0.15, 0.2) is 23.1 Å². The molecule has 1 aromatic heterocycles. The highest BCUT2D eigenvalue weighted by Crippen LogP contribution is 2.04. The summed E-state index contributed by atoms with van der Waals surface area (Å²) in [5.74, 6) is 0.0877. The van der Waals surface area contributed by atoms with Crippen LogP contribution in [0, 0.1) is 5.92 Å². The molecule has 0 aliphatic carbocycles. The van der Waals surface area contributed by atoms with E-state index in [1.165, 1.54) is 10.6 Å². The van der Waals surface area contributed by atoms with Crippen molar-refractivity contribution in [2.24, 2.45) is 18.7 Å². The first-order chi connectivity index (χ1) is 8.45. The van der Waals surface area contributed by atoms with E-state index in [2.05, 4.69) is 19.2 Å². The smallest absolute Gasteiger partial charge is 0.263 e. The van der Waals surface area contributed by atoms with E-state index in [-0.39, 0.29) is 23.1 Å². The SMILES string of the molecule is CC(C)CC(CN)NC(=O)c1cccn(C)c1=O. The molecular formula is C13H21N3O2. The van der Waals surface area contributed by atoms with Crippen molar-refractivity contribution < 1.29 is 4.79 Å². The van der Waals surface area contributed by atoms with Crippen LogP contribution in [0.1, 0.15) is 30.6 Å². The number of aryl methyl sites for hydroxylation is 1. The lowest BCUT2D eigenvalue weighted by Crippen LogP contribution is -2.43.